The van der Waals surface area contributed by atoms with Crippen LogP contribution in [0, 0.1) is 6.92 Å². The Labute approximate surface area is 111 Å². The Hall–Kier alpha value is -2.11. The molecule has 0 aliphatic carbocycles. The molecule has 0 aliphatic heterocycles. The minimum Gasteiger partial charge on any atom is -0.488 e. The lowest BCUT2D eigenvalue weighted by Gasteiger charge is -2.14. The second-order valence-corrected chi connectivity index (χ2v) is 4.58. The van der Waals surface area contributed by atoms with E-state index in [1.165, 1.54) is 0 Å². The van der Waals surface area contributed by atoms with Gasteiger partial charge in [0, 0.05) is 6.54 Å². The van der Waals surface area contributed by atoms with Crippen molar-refractivity contribution in [1.82, 2.24) is 14.5 Å². The molecule has 0 saturated heterocycles. The number of nitrogens with zero attached hydrogens (tertiary/aromatic N) is 3. The van der Waals surface area contributed by atoms with Crippen LogP contribution in [-0.4, -0.2) is 31.7 Å². The van der Waals surface area contributed by atoms with E-state index in [1.54, 1.807) is 13.3 Å². The highest BCUT2D eigenvalue weighted by Crippen LogP contribution is 2.30. The number of carbonyl (C=O) groups is 1. The van der Waals surface area contributed by atoms with Gasteiger partial charge in [0.2, 0.25) is 0 Å². The van der Waals surface area contributed by atoms with Gasteiger partial charge >= 0.3 is 5.97 Å². The van der Waals surface area contributed by atoms with Crippen molar-refractivity contribution in [1.29, 1.82) is 0 Å². The molecule has 0 radical (unpaired) electrons. The highest BCUT2D eigenvalue weighted by molar-refractivity contribution is 5.98. The first-order chi connectivity index (χ1) is 8.95. The third kappa shape index (κ3) is 2.25. The first-order valence-corrected chi connectivity index (χ1v) is 6.21. The van der Waals surface area contributed by atoms with Crippen molar-refractivity contribution >= 4 is 17.1 Å². The number of hydrogen-bond acceptors (Lipinski definition) is 4. The van der Waals surface area contributed by atoms with Crippen molar-refractivity contribution < 1.29 is 14.6 Å². The van der Waals surface area contributed by atoms with E-state index in [-0.39, 0.29) is 11.7 Å². The SMILES string of the molecule is CCn1cnc2c(OC(C)C)c(C(=O)O)c(C)nc21. The third-order valence-electron chi connectivity index (χ3n) is 2.80. The third-order valence-corrected chi connectivity index (χ3v) is 2.80. The molecule has 0 bridgehead atoms. The number of carboxylic acids is 1. The molecule has 0 atom stereocenters. The molecule has 0 aliphatic rings. The van der Waals surface area contributed by atoms with Gasteiger partial charge in [-0.2, -0.15) is 0 Å². The highest BCUT2D eigenvalue weighted by atomic mass is 16.5. The van der Waals surface area contributed by atoms with Crippen LogP contribution in [0.2, 0.25) is 0 Å². The Kier molecular flexibility index (Phi) is 3.42. The molecule has 19 heavy (non-hydrogen) atoms. The average Bonchev–Trinajstić information content (AvgIpc) is 2.70. The van der Waals surface area contributed by atoms with Crippen LogP contribution in [0.4, 0.5) is 0 Å². The minimum absolute atomic E-state index is 0.0857. The van der Waals surface area contributed by atoms with E-state index < -0.39 is 5.97 Å². The molecule has 0 unspecified atom stereocenters. The van der Waals surface area contributed by atoms with Gasteiger partial charge in [-0.15, -0.1) is 0 Å². The van der Waals surface area contributed by atoms with Gasteiger partial charge in [-0.3, -0.25) is 0 Å². The molecule has 2 rings (SSSR count). The second kappa shape index (κ2) is 4.87. The molecule has 0 spiro atoms. The fourth-order valence-electron chi connectivity index (χ4n) is 1.98. The van der Waals surface area contributed by atoms with E-state index in [2.05, 4.69) is 9.97 Å². The summed E-state index contributed by atoms with van der Waals surface area (Å²) in [5.74, 6) is -0.745. The number of carboxylic acid groups (broad SMARTS) is 1. The van der Waals surface area contributed by atoms with Crippen molar-refractivity contribution in [2.45, 2.75) is 40.3 Å². The van der Waals surface area contributed by atoms with Crippen LogP contribution >= 0.6 is 0 Å². The number of hydrogen-bond donors (Lipinski definition) is 1. The van der Waals surface area contributed by atoms with Gasteiger partial charge in [-0.05, 0) is 27.7 Å². The molecule has 0 fully saturated rings. The van der Waals surface area contributed by atoms with E-state index in [1.807, 2.05) is 25.3 Å². The minimum atomic E-state index is -1.05. The summed E-state index contributed by atoms with van der Waals surface area (Å²) in [6, 6.07) is 0. The molecule has 2 heterocycles. The molecule has 2 aromatic rings. The van der Waals surface area contributed by atoms with Crippen molar-refractivity contribution in [2.24, 2.45) is 0 Å². The van der Waals surface area contributed by atoms with Crippen LogP contribution in [0.1, 0.15) is 36.8 Å². The highest BCUT2D eigenvalue weighted by Gasteiger charge is 2.23. The van der Waals surface area contributed by atoms with Gasteiger partial charge < -0.3 is 14.4 Å². The maximum absolute atomic E-state index is 11.4. The summed E-state index contributed by atoms with van der Waals surface area (Å²) in [5.41, 5.74) is 1.67. The monoisotopic (exact) mass is 263 g/mol. The lowest BCUT2D eigenvalue weighted by atomic mass is 10.1. The number of aromatic carboxylic acids is 1. The summed E-state index contributed by atoms with van der Waals surface area (Å²) >= 11 is 0. The molecule has 6 heteroatoms. The molecular formula is C13H17N3O3. The molecule has 2 aromatic heterocycles. The summed E-state index contributed by atoms with van der Waals surface area (Å²) in [5, 5.41) is 9.33. The zero-order valence-corrected chi connectivity index (χ0v) is 11.5. The van der Waals surface area contributed by atoms with Gasteiger partial charge in [0.05, 0.1) is 18.1 Å². The maximum atomic E-state index is 11.4. The quantitative estimate of drug-likeness (QED) is 0.915. The van der Waals surface area contributed by atoms with Crippen molar-refractivity contribution in [3.05, 3.63) is 17.6 Å². The van der Waals surface area contributed by atoms with E-state index in [4.69, 9.17) is 4.74 Å². The Bertz CT molecular complexity index is 632. The maximum Gasteiger partial charge on any atom is 0.341 e. The van der Waals surface area contributed by atoms with Gasteiger partial charge in [-0.1, -0.05) is 0 Å². The average molecular weight is 263 g/mol. The van der Waals surface area contributed by atoms with E-state index in [0.29, 0.717) is 22.6 Å². The number of aromatic nitrogens is 3. The largest absolute Gasteiger partial charge is 0.488 e. The zero-order chi connectivity index (χ0) is 14.2. The standard InChI is InChI=1S/C13H17N3O3/c1-5-16-6-14-10-11(19-7(2)3)9(13(17)18)8(4)15-12(10)16/h6-7H,5H2,1-4H3,(H,17,18). The van der Waals surface area contributed by atoms with Gasteiger partial charge in [0.25, 0.3) is 0 Å². The fourth-order valence-corrected chi connectivity index (χ4v) is 1.98. The lowest BCUT2D eigenvalue weighted by Crippen LogP contribution is -2.13. The summed E-state index contributed by atoms with van der Waals surface area (Å²) in [7, 11) is 0. The normalized spacial score (nSPS) is 11.2. The van der Waals surface area contributed by atoms with Crippen LogP contribution < -0.4 is 4.74 Å². The summed E-state index contributed by atoms with van der Waals surface area (Å²) in [6.45, 7) is 8.07. The molecule has 102 valence electrons. The fraction of sp³-hybridized carbons (Fsp3) is 0.462. The van der Waals surface area contributed by atoms with Crippen molar-refractivity contribution in [3.63, 3.8) is 0 Å². The second-order valence-electron chi connectivity index (χ2n) is 4.58. The van der Waals surface area contributed by atoms with Crippen LogP contribution in [0.25, 0.3) is 11.2 Å². The predicted molar refractivity (Wildman–Crippen MR) is 70.7 cm³/mol. The Morgan fingerprint density at radius 2 is 2.21 bits per heavy atom. The smallest absolute Gasteiger partial charge is 0.341 e. The molecule has 1 N–H and O–H groups in total. The summed E-state index contributed by atoms with van der Waals surface area (Å²) in [6.07, 6.45) is 1.52. The molecule has 0 amide bonds. The first-order valence-electron chi connectivity index (χ1n) is 6.21. The number of imidazole rings is 1. The molecule has 6 nitrogen and oxygen atoms in total. The van der Waals surface area contributed by atoms with Crippen molar-refractivity contribution in [3.8, 4) is 5.75 Å². The van der Waals surface area contributed by atoms with Crippen LogP contribution in [-0.2, 0) is 6.54 Å². The molecule has 0 aromatic carbocycles. The van der Waals surface area contributed by atoms with E-state index in [0.717, 1.165) is 6.54 Å². The Morgan fingerprint density at radius 1 is 1.53 bits per heavy atom. The zero-order valence-electron chi connectivity index (χ0n) is 11.5. The Morgan fingerprint density at radius 3 is 2.74 bits per heavy atom. The summed E-state index contributed by atoms with van der Waals surface area (Å²) < 4.78 is 7.52. The van der Waals surface area contributed by atoms with E-state index >= 15 is 0 Å². The number of rotatable bonds is 4. The van der Waals surface area contributed by atoms with Crippen molar-refractivity contribution in [2.75, 3.05) is 0 Å². The lowest BCUT2D eigenvalue weighted by molar-refractivity contribution is 0.0689. The molecular weight excluding hydrogens is 246 g/mol. The van der Waals surface area contributed by atoms with Gasteiger partial charge in [0.15, 0.2) is 16.9 Å². The number of aryl methyl sites for hydroxylation is 2. The van der Waals surface area contributed by atoms with Crippen LogP contribution in [0.5, 0.6) is 5.75 Å². The topological polar surface area (TPSA) is 77.2 Å². The summed E-state index contributed by atoms with van der Waals surface area (Å²) in [4.78, 5) is 20.0. The number of pyridine rings is 1. The van der Waals surface area contributed by atoms with E-state index in [9.17, 15) is 9.90 Å². The molecule has 0 saturated carbocycles. The Balaban J connectivity index is 2.79. The number of fused-ring (bicyclic) bond motifs is 1. The number of ether oxygens (including phenoxy) is 1. The van der Waals surface area contributed by atoms with Crippen LogP contribution in [0.3, 0.4) is 0 Å². The van der Waals surface area contributed by atoms with Gasteiger partial charge in [0.1, 0.15) is 5.56 Å². The first kappa shape index (κ1) is 13.3. The predicted octanol–water partition coefficient (Wildman–Crippen LogP) is 2.25. The van der Waals surface area contributed by atoms with Crippen LogP contribution in [0.15, 0.2) is 6.33 Å². The van der Waals surface area contributed by atoms with Gasteiger partial charge in [-0.25, -0.2) is 14.8 Å².